The molecule has 1 heterocycles. The lowest BCUT2D eigenvalue weighted by atomic mass is 10.1. The Morgan fingerprint density at radius 1 is 1.17 bits per heavy atom. The SMILES string of the molecule is CCOc1cc(CNCCCN2CCCC2=O)c(Br)cc1OCc1cccc(C)c1. The molecule has 6 heteroatoms. The normalized spacial score (nSPS) is 13.7. The summed E-state index contributed by atoms with van der Waals surface area (Å²) in [6.07, 6.45) is 2.66. The molecule has 0 aliphatic carbocycles. The number of nitrogens with zero attached hydrogens (tertiary/aromatic N) is 1. The largest absolute Gasteiger partial charge is 0.490 e. The maximum absolute atomic E-state index is 11.7. The Kier molecular flexibility index (Phi) is 8.58. The van der Waals surface area contributed by atoms with Gasteiger partial charge in [-0.2, -0.15) is 0 Å². The summed E-state index contributed by atoms with van der Waals surface area (Å²) in [5.41, 5.74) is 3.48. The van der Waals surface area contributed by atoms with E-state index >= 15 is 0 Å². The molecule has 1 aliphatic heterocycles. The maximum atomic E-state index is 11.7. The van der Waals surface area contributed by atoms with Gasteiger partial charge in [0.15, 0.2) is 11.5 Å². The van der Waals surface area contributed by atoms with Crippen molar-refractivity contribution in [3.05, 3.63) is 57.6 Å². The Balaban J connectivity index is 1.54. The number of likely N-dealkylation sites (tertiary alicyclic amines) is 1. The minimum atomic E-state index is 0.292. The molecule has 0 unspecified atom stereocenters. The number of nitrogens with one attached hydrogen (secondary N) is 1. The Bertz CT molecular complexity index is 856. The third-order valence-electron chi connectivity index (χ3n) is 5.16. The number of aryl methyl sites for hydroxylation is 1. The molecule has 5 nitrogen and oxygen atoms in total. The van der Waals surface area contributed by atoms with Crippen molar-refractivity contribution in [2.24, 2.45) is 0 Å². The molecular weight excluding hydrogens is 444 g/mol. The van der Waals surface area contributed by atoms with E-state index in [1.165, 1.54) is 5.56 Å². The van der Waals surface area contributed by atoms with Crippen LogP contribution in [0.15, 0.2) is 40.9 Å². The van der Waals surface area contributed by atoms with E-state index < -0.39 is 0 Å². The molecule has 1 fully saturated rings. The fraction of sp³-hybridized carbons (Fsp3) is 0.458. The van der Waals surface area contributed by atoms with Gasteiger partial charge in [-0.15, -0.1) is 0 Å². The number of carbonyl (C=O) groups is 1. The van der Waals surface area contributed by atoms with E-state index in [9.17, 15) is 4.79 Å². The summed E-state index contributed by atoms with van der Waals surface area (Å²) in [5, 5.41) is 3.47. The van der Waals surface area contributed by atoms with Crippen LogP contribution >= 0.6 is 15.9 Å². The molecule has 0 saturated carbocycles. The van der Waals surface area contributed by atoms with Crippen LogP contribution in [0.5, 0.6) is 11.5 Å². The third-order valence-corrected chi connectivity index (χ3v) is 5.90. The van der Waals surface area contributed by atoms with Crippen molar-refractivity contribution in [2.75, 3.05) is 26.2 Å². The highest BCUT2D eigenvalue weighted by molar-refractivity contribution is 9.10. The topological polar surface area (TPSA) is 50.8 Å². The van der Waals surface area contributed by atoms with Crippen molar-refractivity contribution in [3.8, 4) is 11.5 Å². The second-order valence-corrected chi connectivity index (χ2v) is 8.47. The smallest absolute Gasteiger partial charge is 0.222 e. The zero-order valence-corrected chi connectivity index (χ0v) is 19.5. The van der Waals surface area contributed by atoms with Crippen LogP contribution in [0.25, 0.3) is 0 Å². The molecule has 30 heavy (non-hydrogen) atoms. The van der Waals surface area contributed by atoms with Crippen LogP contribution in [0.4, 0.5) is 0 Å². The second-order valence-electron chi connectivity index (χ2n) is 7.62. The summed E-state index contributed by atoms with van der Waals surface area (Å²) < 4.78 is 12.9. The average molecular weight is 475 g/mol. The molecule has 0 bridgehead atoms. The summed E-state index contributed by atoms with van der Waals surface area (Å²) >= 11 is 3.67. The highest BCUT2D eigenvalue weighted by Crippen LogP contribution is 2.34. The van der Waals surface area contributed by atoms with E-state index in [1.807, 2.05) is 30.0 Å². The summed E-state index contributed by atoms with van der Waals surface area (Å²) in [6, 6.07) is 12.3. The van der Waals surface area contributed by atoms with Gasteiger partial charge in [0.1, 0.15) is 6.61 Å². The lowest BCUT2D eigenvalue weighted by Gasteiger charge is -2.17. The van der Waals surface area contributed by atoms with Crippen molar-refractivity contribution in [1.29, 1.82) is 0 Å². The first-order valence-corrected chi connectivity index (χ1v) is 11.5. The van der Waals surface area contributed by atoms with Gasteiger partial charge < -0.3 is 19.7 Å². The number of rotatable bonds is 11. The molecule has 162 valence electrons. The van der Waals surface area contributed by atoms with E-state index in [-0.39, 0.29) is 0 Å². The van der Waals surface area contributed by atoms with Crippen LogP contribution in [-0.4, -0.2) is 37.0 Å². The number of benzene rings is 2. The van der Waals surface area contributed by atoms with Gasteiger partial charge >= 0.3 is 0 Å². The number of halogens is 1. The van der Waals surface area contributed by atoms with Gasteiger partial charge in [-0.05, 0) is 56.5 Å². The van der Waals surface area contributed by atoms with Crippen LogP contribution in [0.2, 0.25) is 0 Å². The summed E-state index contributed by atoms with van der Waals surface area (Å²) in [6.45, 7) is 8.48. The number of hydrogen-bond acceptors (Lipinski definition) is 4. The first kappa shape index (κ1) is 22.6. The van der Waals surface area contributed by atoms with Crippen LogP contribution in [0.3, 0.4) is 0 Å². The molecule has 0 atom stereocenters. The highest BCUT2D eigenvalue weighted by Gasteiger charge is 2.19. The molecule has 1 amide bonds. The number of amides is 1. The lowest BCUT2D eigenvalue weighted by molar-refractivity contribution is -0.127. The van der Waals surface area contributed by atoms with E-state index in [1.54, 1.807) is 0 Å². The first-order valence-electron chi connectivity index (χ1n) is 10.7. The standard InChI is InChI=1S/C24H31BrN2O3/c1-3-29-22-14-20(16-26-10-6-12-27-11-5-9-24(27)28)21(25)15-23(22)30-17-19-8-4-7-18(2)13-19/h4,7-8,13-15,26H,3,5-6,9-12,16-17H2,1-2H3. The molecule has 1 saturated heterocycles. The second kappa shape index (κ2) is 11.4. The molecule has 0 radical (unpaired) electrons. The average Bonchev–Trinajstić information content (AvgIpc) is 3.13. The lowest BCUT2D eigenvalue weighted by Crippen LogP contribution is -2.28. The van der Waals surface area contributed by atoms with Crippen molar-refractivity contribution in [1.82, 2.24) is 10.2 Å². The third kappa shape index (κ3) is 6.47. The number of ether oxygens (including phenoxy) is 2. The predicted octanol–water partition coefficient (Wildman–Crippen LogP) is 4.84. The Labute approximate surface area is 187 Å². The summed E-state index contributed by atoms with van der Waals surface area (Å²) in [4.78, 5) is 13.6. The molecular formula is C24H31BrN2O3. The predicted molar refractivity (Wildman–Crippen MR) is 123 cm³/mol. The van der Waals surface area contributed by atoms with Gasteiger partial charge in [-0.25, -0.2) is 0 Å². The highest BCUT2D eigenvalue weighted by atomic mass is 79.9. The van der Waals surface area contributed by atoms with E-state index in [0.717, 1.165) is 66.1 Å². The van der Waals surface area contributed by atoms with E-state index in [0.29, 0.717) is 25.5 Å². The van der Waals surface area contributed by atoms with Gasteiger partial charge in [-0.1, -0.05) is 45.8 Å². The Hall–Kier alpha value is -2.05. The molecule has 1 aliphatic rings. The van der Waals surface area contributed by atoms with Crippen molar-refractivity contribution in [2.45, 2.75) is 46.3 Å². The monoisotopic (exact) mass is 474 g/mol. The van der Waals surface area contributed by atoms with Crippen LogP contribution in [0, 0.1) is 6.92 Å². The maximum Gasteiger partial charge on any atom is 0.222 e. The van der Waals surface area contributed by atoms with Crippen molar-refractivity contribution >= 4 is 21.8 Å². The minimum Gasteiger partial charge on any atom is -0.490 e. The molecule has 1 N–H and O–H groups in total. The fourth-order valence-corrected chi connectivity index (χ4v) is 4.08. The molecule has 0 aromatic heterocycles. The van der Waals surface area contributed by atoms with Crippen LogP contribution in [-0.2, 0) is 17.9 Å². The first-order chi connectivity index (χ1) is 14.6. The quantitative estimate of drug-likeness (QED) is 0.473. The Morgan fingerprint density at radius 2 is 2.00 bits per heavy atom. The van der Waals surface area contributed by atoms with E-state index in [2.05, 4.69) is 46.4 Å². The van der Waals surface area contributed by atoms with Gasteiger partial charge in [-0.3, -0.25) is 4.79 Å². The van der Waals surface area contributed by atoms with E-state index in [4.69, 9.17) is 9.47 Å². The minimum absolute atomic E-state index is 0.292. The van der Waals surface area contributed by atoms with Gasteiger partial charge in [0.05, 0.1) is 6.61 Å². The fourth-order valence-electron chi connectivity index (χ4n) is 3.62. The molecule has 2 aromatic rings. The Morgan fingerprint density at radius 3 is 2.73 bits per heavy atom. The van der Waals surface area contributed by atoms with Gasteiger partial charge in [0.25, 0.3) is 0 Å². The van der Waals surface area contributed by atoms with Gasteiger partial charge in [0, 0.05) is 30.5 Å². The van der Waals surface area contributed by atoms with Crippen LogP contribution < -0.4 is 14.8 Å². The molecule has 0 spiro atoms. The van der Waals surface area contributed by atoms with Crippen molar-refractivity contribution in [3.63, 3.8) is 0 Å². The zero-order valence-electron chi connectivity index (χ0n) is 17.9. The number of hydrogen-bond donors (Lipinski definition) is 1. The van der Waals surface area contributed by atoms with Crippen molar-refractivity contribution < 1.29 is 14.3 Å². The van der Waals surface area contributed by atoms with Gasteiger partial charge in [0.2, 0.25) is 5.91 Å². The zero-order chi connectivity index (χ0) is 21.3. The van der Waals surface area contributed by atoms with Crippen LogP contribution in [0.1, 0.15) is 42.9 Å². The summed E-state index contributed by atoms with van der Waals surface area (Å²) in [7, 11) is 0. The summed E-state index contributed by atoms with van der Waals surface area (Å²) in [5.74, 6) is 1.79. The molecule has 3 rings (SSSR count). The molecule has 2 aromatic carbocycles. The number of carbonyl (C=O) groups excluding carboxylic acids is 1.